The minimum absolute atomic E-state index is 0.297. The van der Waals surface area contributed by atoms with Gasteiger partial charge in [-0.25, -0.2) is 0 Å². The SMILES string of the molecule is COc1ccc(C2Cc3c(C)cccc3N2)cc1OC. The third kappa shape index (κ3) is 2.09. The van der Waals surface area contributed by atoms with Gasteiger partial charge in [0.2, 0.25) is 0 Å². The highest BCUT2D eigenvalue weighted by Gasteiger charge is 2.23. The van der Waals surface area contributed by atoms with Crippen molar-refractivity contribution in [2.45, 2.75) is 19.4 Å². The Morgan fingerprint density at radius 2 is 1.85 bits per heavy atom. The Morgan fingerprint density at radius 3 is 2.55 bits per heavy atom. The lowest BCUT2D eigenvalue weighted by molar-refractivity contribution is 0.354. The minimum atomic E-state index is 0.297. The number of benzene rings is 2. The minimum Gasteiger partial charge on any atom is -0.493 e. The molecule has 0 amide bonds. The first-order valence-corrected chi connectivity index (χ1v) is 6.80. The Hall–Kier alpha value is -2.16. The van der Waals surface area contributed by atoms with Gasteiger partial charge in [0.1, 0.15) is 0 Å². The fraction of sp³-hybridized carbons (Fsp3) is 0.294. The summed E-state index contributed by atoms with van der Waals surface area (Å²) in [6.45, 7) is 2.16. The molecule has 0 spiro atoms. The monoisotopic (exact) mass is 269 g/mol. The molecule has 104 valence electrons. The van der Waals surface area contributed by atoms with Gasteiger partial charge in [-0.05, 0) is 48.2 Å². The average Bonchev–Trinajstić information content (AvgIpc) is 2.92. The van der Waals surface area contributed by atoms with E-state index in [9.17, 15) is 0 Å². The van der Waals surface area contributed by atoms with E-state index in [2.05, 4.69) is 42.6 Å². The van der Waals surface area contributed by atoms with Crippen molar-refractivity contribution in [3.63, 3.8) is 0 Å². The first kappa shape index (κ1) is 12.9. The van der Waals surface area contributed by atoms with Crippen molar-refractivity contribution in [3.05, 3.63) is 53.1 Å². The molecule has 1 unspecified atom stereocenters. The Morgan fingerprint density at radius 1 is 1.05 bits per heavy atom. The van der Waals surface area contributed by atoms with Crippen molar-refractivity contribution >= 4 is 5.69 Å². The highest BCUT2D eigenvalue weighted by atomic mass is 16.5. The maximum absolute atomic E-state index is 5.38. The van der Waals surface area contributed by atoms with Gasteiger partial charge in [-0.2, -0.15) is 0 Å². The molecule has 20 heavy (non-hydrogen) atoms. The number of methoxy groups -OCH3 is 2. The van der Waals surface area contributed by atoms with Gasteiger partial charge in [0.05, 0.1) is 20.3 Å². The lowest BCUT2D eigenvalue weighted by atomic mass is 10.00. The number of aryl methyl sites for hydroxylation is 1. The van der Waals surface area contributed by atoms with Crippen LogP contribution in [0.4, 0.5) is 5.69 Å². The van der Waals surface area contributed by atoms with Gasteiger partial charge in [0.15, 0.2) is 11.5 Å². The summed E-state index contributed by atoms with van der Waals surface area (Å²) in [4.78, 5) is 0. The predicted molar refractivity (Wildman–Crippen MR) is 80.8 cm³/mol. The summed E-state index contributed by atoms with van der Waals surface area (Å²) in [5.41, 5.74) is 5.22. The van der Waals surface area contributed by atoms with Crippen LogP contribution in [0.2, 0.25) is 0 Å². The Balaban J connectivity index is 1.91. The number of fused-ring (bicyclic) bond motifs is 1. The molecule has 1 aliphatic rings. The van der Waals surface area contributed by atoms with E-state index in [-0.39, 0.29) is 0 Å². The van der Waals surface area contributed by atoms with E-state index in [4.69, 9.17) is 9.47 Å². The van der Waals surface area contributed by atoms with Crippen LogP contribution in [-0.2, 0) is 6.42 Å². The number of ether oxygens (including phenoxy) is 2. The predicted octanol–water partition coefficient (Wildman–Crippen LogP) is 3.72. The number of hydrogen-bond donors (Lipinski definition) is 1. The first-order valence-electron chi connectivity index (χ1n) is 6.80. The zero-order valence-corrected chi connectivity index (χ0v) is 12.1. The topological polar surface area (TPSA) is 30.5 Å². The maximum Gasteiger partial charge on any atom is 0.161 e. The smallest absolute Gasteiger partial charge is 0.161 e. The average molecular weight is 269 g/mol. The summed E-state index contributed by atoms with van der Waals surface area (Å²) in [7, 11) is 3.33. The standard InChI is InChI=1S/C17H19NO2/c1-11-5-4-6-14-13(11)10-15(18-14)12-7-8-16(19-2)17(9-12)20-3/h4-9,15,18H,10H2,1-3H3. The second-order valence-corrected chi connectivity index (χ2v) is 5.12. The largest absolute Gasteiger partial charge is 0.493 e. The molecule has 2 aromatic rings. The molecule has 3 heteroatoms. The van der Waals surface area contributed by atoms with Gasteiger partial charge in [-0.1, -0.05) is 18.2 Å². The van der Waals surface area contributed by atoms with E-state index in [1.165, 1.54) is 22.4 Å². The molecule has 0 fully saturated rings. The molecule has 0 aromatic heterocycles. The molecular weight excluding hydrogens is 250 g/mol. The zero-order valence-electron chi connectivity index (χ0n) is 12.1. The molecule has 1 heterocycles. The van der Waals surface area contributed by atoms with Crippen LogP contribution >= 0.6 is 0 Å². The molecule has 0 radical (unpaired) electrons. The number of hydrogen-bond acceptors (Lipinski definition) is 3. The second kappa shape index (κ2) is 5.08. The van der Waals surface area contributed by atoms with E-state index >= 15 is 0 Å². The van der Waals surface area contributed by atoms with Crippen LogP contribution < -0.4 is 14.8 Å². The van der Waals surface area contributed by atoms with E-state index < -0.39 is 0 Å². The number of nitrogens with one attached hydrogen (secondary N) is 1. The molecule has 0 saturated heterocycles. The second-order valence-electron chi connectivity index (χ2n) is 5.12. The molecule has 3 rings (SSSR count). The third-order valence-electron chi connectivity index (χ3n) is 3.96. The molecule has 2 aromatic carbocycles. The van der Waals surface area contributed by atoms with E-state index in [0.29, 0.717) is 6.04 Å². The molecule has 1 N–H and O–H groups in total. The third-order valence-corrected chi connectivity index (χ3v) is 3.96. The van der Waals surface area contributed by atoms with Gasteiger partial charge in [0.25, 0.3) is 0 Å². The summed E-state index contributed by atoms with van der Waals surface area (Å²) in [5, 5.41) is 3.58. The summed E-state index contributed by atoms with van der Waals surface area (Å²) in [6.07, 6.45) is 1.01. The van der Waals surface area contributed by atoms with Crippen molar-refractivity contribution in [1.29, 1.82) is 0 Å². The fourth-order valence-electron chi connectivity index (χ4n) is 2.82. The summed E-state index contributed by atoms with van der Waals surface area (Å²) in [5.74, 6) is 1.54. The lowest BCUT2D eigenvalue weighted by Crippen LogP contribution is -2.06. The molecular formula is C17H19NO2. The Labute approximate surface area is 119 Å². The van der Waals surface area contributed by atoms with Crippen LogP contribution in [0, 0.1) is 6.92 Å². The molecule has 3 nitrogen and oxygen atoms in total. The summed E-state index contributed by atoms with van der Waals surface area (Å²) in [6, 6.07) is 12.8. The molecule has 1 aliphatic heterocycles. The quantitative estimate of drug-likeness (QED) is 0.921. The van der Waals surface area contributed by atoms with Gasteiger partial charge in [-0.3, -0.25) is 0 Å². The van der Waals surface area contributed by atoms with Crippen molar-refractivity contribution in [1.82, 2.24) is 0 Å². The van der Waals surface area contributed by atoms with Crippen LogP contribution in [0.15, 0.2) is 36.4 Å². The number of rotatable bonds is 3. The van der Waals surface area contributed by atoms with Crippen LogP contribution in [0.25, 0.3) is 0 Å². The first-order chi connectivity index (χ1) is 9.72. The van der Waals surface area contributed by atoms with E-state index in [0.717, 1.165) is 17.9 Å². The molecule has 0 aliphatic carbocycles. The molecule has 1 atom stereocenters. The number of anilines is 1. The normalized spacial score (nSPS) is 16.4. The fourth-order valence-corrected chi connectivity index (χ4v) is 2.82. The maximum atomic E-state index is 5.38. The van der Waals surface area contributed by atoms with Gasteiger partial charge >= 0.3 is 0 Å². The van der Waals surface area contributed by atoms with Crippen molar-refractivity contribution < 1.29 is 9.47 Å². The Kier molecular flexibility index (Phi) is 3.26. The van der Waals surface area contributed by atoms with Crippen LogP contribution in [0.5, 0.6) is 11.5 Å². The van der Waals surface area contributed by atoms with E-state index in [1.54, 1.807) is 14.2 Å². The van der Waals surface area contributed by atoms with Crippen LogP contribution in [0.3, 0.4) is 0 Å². The van der Waals surface area contributed by atoms with Crippen LogP contribution in [-0.4, -0.2) is 14.2 Å². The van der Waals surface area contributed by atoms with Crippen LogP contribution in [0.1, 0.15) is 22.7 Å². The zero-order chi connectivity index (χ0) is 14.1. The van der Waals surface area contributed by atoms with E-state index in [1.807, 2.05) is 6.07 Å². The molecule has 0 saturated carbocycles. The summed E-state index contributed by atoms with van der Waals surface area (Å²) >= 11 is 0. The summed E-state index contributed by atoms with van der Waals surface area (Å²) < 4.78 is 10.7. The highest BCUT2D eigenvalue weighted by molar-refractivity contribution is 5.61. The van der Waals surface area contributed by atoms with Gasteiger partial charge in [0, 0.05) is 5.69 Å². The molecule has 0 bridgehead atoms. The van der Waals surface area contributed by atoms with Gasteiger partial charge in [-0.15, -0.1) is 0 Å². The Bertz CT molecular complexity index is 637. The van der Waals surface area contributed by atoms with Crippen molar-refractivity contribution in [2.75, 3.05) is 19.5 Å². The van der Waals surface area contributed by atoms with Crippen molar-refractivity contribution in [3.8, 4) is 11.5 Å². The van der Waals surface area contributed by atoms with Gasteiger partial charge < -0.3 is 14.8 Å². The van der Waals surface area contributed by atoms with Crippen molar-refractivity contribution in [2.24, 2.45) is 0 Å². The highest BCUT2D eigenvalue weighted by Crippen LogP contribution is 2.38. The lowest BCUT2D eigenvalue weighted by Gasteiger charge is -2.15.